The quantitative estimate of drug-likeness (QED) is 0.657. The highest BCUT2D eigenvalue weighted by atomic mass is 16.6. The van der Waals surface area contributed by atoms with Gasteiger partial charge in [-0.3, -0.25) is 10.1 Å². The average Bonchev–Trinajstić information content (AvgIpc) is 2.39. The first-order valence-corrected chi connectivity index (χ1v) is 6.32. The number of nitrogens with two attached hydrogens (primary N) is 1. The first kappa shape index (κ1) is 12.8. The molecule has 1 fully saturated rings. The van der Waals surface area contributed by atoms with Crippen molar-refractivity contribution < 1.29 is 4.92 Å². The van der Waals surface area contributed by atoms with Crippen molar-refractivity contribution >= 4 is 11.4 Å². The third-order valence-corrected chi connectivity index (χ3v) is 3.62. The molecule has 1 aromatic rings. The zero-order chi connectivity index (χ0) is 13.1. The van der Waals surface area contributed by atoms with E-state index in [9.17, 15) is 10.1 Å². The molecule has 5 nitrogen and oxygen atoms in total. The highest BCUT2D eigenvalue weighted by Crippen LogP contribution is 2.31. The number of nitro groups is 1. The monoisotopic (exact) mass is 249 g/mol. The Morgan fingerprint density at radius 2 is 2.11 bits per heavy atom. The largest absolute Gasteiger partial charge is 0.366 e. The average molecular weight is 249 g/mol. The molecule has 0 bridgehead atoms. The van der Waals surface area contributed by atoms with Crippen LogP contribution in [0.15, 0.2) is 18.2 Å². The van der Waals surface area contributed by atoms with Crippen molar-refractivity contribution in [3.63, 3.8) is 0 Å². The number of piperidine rings is 1. The zero-order valence-corrected chi connectivity index (χ0v) is 10.6. The predicted molar refractivity (Wildman–Crippen MR) is 71.8 cm³/mol. The molecular formula is C13H19N3O2. The van der Waals surface area contributed by atoms with Crippen molar-refractivity contribution in [3.05, 3.63) is 33.9 Å². The molecule has 18 heavy (non-hydrogen) atoms. The molecule has 0 aliphatic carbocycles. The molecule has 1 aliphatic rings. The number of aryl methyl sites for hydroxylation is 1. The Kier molecular flexibility index (Phi) is 3.81. The second-order valence-corrected chi connectivity index (χ2v) is 4.92. The Hall–Kier alpha value is -1.62. The van der Waals surface area contributed by atoms with Gasteiger partial charge in [-0.2, -0.15) is 0 Å². The zero-order valence-electron chi connectivity index (χ0n) is 10.6. The van der Waals surface area contributed by atoms with Crippen molar-refractivity contribution in [2.24, 2.45) is 11.7 Å². The molecular weight excluding hydrogens is 230 g/mol. The molecule has 0 unspecified atom stereocenters. The van der Waals surface area contributed by atoms with Gasteiger partial charge >= 0.3 is 0 Å². The fourth-order valence-corrected chi connectivity index (χ4v) is 2.46. The van der Waals surface area contributed by atoms with E-state index in [1.165, 1.54) is 0 Å². The van der Waals surface area contributed by atoms with Crippen LogP contribution >= 0.6 is 0 Å². The van der Waals surface area contributed by atoms with Crippen LogP contribution in [-0.2, 0) is 0 Å². The molecule has 0 atom stereocenters. The van der Waals surface area contributed by atoms with Gasteiger partial charge in [0.2, 0.25) is 0 Å². The van der Waals surface area contributed by atoms with Crippen molar-refractivity contribution in [1.29, 1.82) is 0 Å². The number of rotatable bonds is 3. The van der Waals surface area contributed by atoms with Crippen LogP contribution in [0.2, 0.25) is 0 Å². The molecule has 1 aromatic carbocycles. The summed E-state index contributed by atoms with van der Waals surface area (Å²) < 4.78 is 0. The first-order valence-electron chi connectivity index (χ1n) is 6.32. The summed E-state index contributed by atoms with van der Waals surface area (Å²) in [6.45, 7) is 4.29. The van der Waals surface area contributed by atoms with E-state index >= 15 is 0 Å². The Labute approximate surface area is 107 Å². The van der Waals surface area contributed by atoms with Gasteiger partial charge in [0.25, 0.3) is 5.69 Å². The van der Waals surface area contributed by atoms with Gasteiger partial charge in [-0.15, -0.1) is 0 Å². The van der Waals surface area contributed by atoms with E-state index in [-0.39, 0.29) is 10.6 Å². The third-order valence-electron chi connectivity index (χ3n) is 3.62. The van der Waals surface area contributed by atoms with Crippen molar-refractivity contribution in [2.45, 2.75) is 19.8 Å². The molecule has 5 heteroatoms. The topological polar surface area (TPSA) is 72.4 Å². The van der Waals surface area contributed by atoms with Crippen LogP contribution < -0.4 is 10.6 Å². The maximum Gasteiger partial charge on any atom is 0.292 e. The number of nitro benzene ring substituents is 1. The van der Waals surface area contributed by atoms with Crippen molar-refractivity contribution in [3.8, 4) is 0 Å². The molecule has 98 valence electrons. The van der Waals surface area contributed by atoms with Gasteiger partial charge in [0.05, 0.1) is 4.92 Å². The predicted octanol–water partition coefficient (Wildman–Crippen LogP) is 2.08. The van der Waals surface area contributed by atoms with E-state index in [0.29, 0.717) is 12.5 Å². The molecule has 0 aromatic heterocycles. The summed E-state index contributed by atoms with van der Waals surface area (Å²) in [7, 11) is 0. The second kappa shape index (κ2) is 5.35. The van der Waals surface area contributed by atoms with Gasteiger partial charge in [0.15, 0.2) is 0 Å². The van der Waals surface area contributed by atoms with Crippen LogP contribution in [0, 0.1) is 23.0 Å². The highest BCUT2D eigenvalue weighted by Gasteiger charge is 2.24. The molecule has 1 aliphatic heterocycles. The van der Waals surface area contributed by atoms with Gasteiger partial charge < -0.3 is 10.6 Å². The normalized spacial score (nSPS) is 16.9. The van der Waals surface area contributed by atoms with E-state index in [4.69, 9.17) is 5.73 Å². The SMILES string of the molecule is Cc1ccc(N2CCC(CN)CC2)c([N+](=O)[O-])c1. The minimum atomic E-state index is -0.294. The molecule has 0 spiro atoms. The fourth-order valence-electron chi connectivity index (χ4n) is 2.46. The third kappa shape index (κ3) is 2.61. The number of hydrogen-bond acceptors (Lipinski definition) is 4. The summed E-state index contributed by atoms with van der Waals surface area (Å²) in [4.78, 5) is 12.9. The van der Waals surface area contributed by atoms with E-state index < -0.39 is 0 Å². The van der Waals surface area contributed by atoms with Crippen LogP contribution in [0.25, 0.3) is 0 Å². The highest BCUT2D eigenvalue weighted by molar-refractivity contribution is 5.64. The molecule has 1 heterocycles. The molecule has 0 amide bonds. The molecule has 2 rings (SSSR count). The van der Waals surface area contributed by atoms with Crippen molar-refractivity contribution in [2.75, 3.05) is 24.5 Å². The minimum absolute atomic E-state index is 0.209. The Balaban J connectivity index is 2.21. The van der Waals surface area contributed by atoms with E-state index in [1.54, 1.807) is 6.07 Å². The number of hydrogen-bond donors (Lipinski definition) is 1. The Morgan fingerprint density at radius 1 is 1.44 bits per heavy atom. The molecule has 1 saturated heterocycles. The summed E-state index contributed by atoms with van der Waals surface area (Å²) in [6, 6.07) is 5.43. The van der Waals surface area contributed by atoms with Gasteiger partial charge in [-0.25, -0.2) is 0 Å². The summed E-state index contributed by atoms with van der Waals surface area (Å²) in [5.41, 5.74) is 7.52. The smallest absolute Gasteiger partial charge is 0.292 e. The Morgan fingerprint density at radius 3 is 2.67 bits per heavy atom. The van der Waals surface area contributed by atoms with Crippen LogP contribution in [0.4, 0.5) is 11.4 Å². The lowest BCUT2D eigenvalue weighted by Crippen LogP contribution is -2.36. The van der Waals surface area contributed by atoms with E-state index in [1.807, 2.05) is 19.1 Å². The van der Waals surface area contributed by atoms with E-state index in [2.05, 4.69) is 4.90 Å². The lowest BCUT2D eigenvalue weighted by molar-refractivity contribution is -0.384. The number of anilines is 1. The molecule has 0 saturated carbocycles. The fraction of sp³-hybridized carbons (Fsp3) is 0.538. The second-order valence-electron chi connectivity index (χ2n) is 4.92. The van der Waals surface area contributed by atoms with Gasteiger partial charge in [0.1, 0.15) is 5.69 Å². The van der Waals surface area contributed by atoms with Crippen LogP contribution in [0.5, 0.6) is 0 Å². The Bertz CT molecular complexity index is 440. The minimum Gasteiger partial charge on any atom is -0.366 e. The molecule has 0 radical (unpaired) electrons. The van der Waals surface area contributed by atoms with Crippen LogP contribution in [-0.4, -0.2) is 24.6 Å². The van der Waals surface area contributed by atoms with Gasteiger partial charge in [-0.05, 0) is 43.9 Å². The van der Waals surface area contributed by atoms with Crippen LogP contribution in [0.3, 0.4) is 0 Å². The number of benzene rings is 1. The van der Waals surface area contributed by atoms with Crippen molar-refractivity contribution in [1.82, 2.24) is 0 Å². The maximum absolute atomic E-state index is 11.1. The number of nitrogens with zero attached hydrogens (tertiary/aromatic N) is 2. The lowest BCUT2D eigenvalue weighted by Gasteiger charge is -2.32. The van der Waals surface area contributed by atoms with Gasteiger partial charge in [0, 0.05) is 19.2 Å². The first-order chi connectivity index (χ1) is 8.61. The molecule has 2 N–H and O–H groups in total. The lowest BCUT2D eigenvalue weighted by atomic mass is 9.96. The van der Waals surface area contributed by atoms with E-state index in [0.717, 1.165) is 37.2 Å². The summed E-state index contributed by atoms with van der Waals surface area (Å²) >= 11 is 0. The van der Waals surface area contributed by atoms with Gasteiger partial charge in [-0.1, -0.05) is 6.07 Å². The maximum atomic E-state index is 11.1. The summed E-state index contributed by atoms with van der Waals surface area (Å²) in [6.07, 6.45) is 2.03. The summed E-state index contributed by atoms with van der Waals surface area (Å²) in [5.74, 6) is 0.561. The summed E-state index contributed by atoms with van der Waals surface area (Å²) in [5, 5.41) is 11.1. The standard InChI is InChI=1S/C13H19N3O2/c1-10-2-3-12(13(8-10)16(17)18)15-6-4-11(9-14)5-7-15/h2-3,8,11H,4-7,9,14H2,1H3. The van der Waals surface area contributed by atoms with Crippen LogP contribution in [0.1, 0.15) is 18.4 Å².